The third-order valence-electron chi connectivity index (χ3n) is 8.38. The Morgan fingerprint density at radius 2 is 1.77 bits per heavy atom. The lowest BCUT2D eigenvalue weighted by molar-refractivity contribution is -0.137. The number of carboxylic acids is 1. The van der Waals surface area contributed by atoms with E-state index in [2.05, 4.69) is 44.2 Å². The molecule has 2 atom stereocenters. The van der Waals surface area contributed by atoms with Gasteiger partial charge in [0.1, 0.15) is 23.4 Å². The van der Waals surface area contributed by atoms with E-state index in [1.807, 2.05) is 18.2 Å². The molecule has 0 aromatic heterocycles. The third kappa shape index (κ3) is 5.35. The summed E-state index contributed by atoms with van der Waals surface area (Å²) >= 11 is 0. The molecule has 0 bridgehead atoms. The van der Waals surface area contributed by atoms with Crippen LogP contribution in [-0.2, 0) is 16.0 Å². The minimum Gasteiger partial charge on any atom is -0.493 e. The number of aliphatic carboxylic acids is 1. The molecule has 0 spiro atoms. The zero-order valence-corrected chi connectivity index (χ0v) is 22.7. The van der Waals surface area contributed by atoms with Gasteiger partial charge >= 0.3 is 5.97 Å². The van der Waals surface area contributed by atoms with Gasteiger partial charge < -0.3 is 24.1 Å². The largest absolute Gasteiger partial charge is 0.493 e. The van der Waals surface area contributed by atoms with Gasteiger partial charge in [-0.3, -0.25) is 4.79 Å². The summed E-state index contributed by atoms with van der Waals surface area (Å²) in [4.78, 5) is 11.2. The van der Waals surface area contributed by atoms with Crippen LogP contribution in [0.2, 0.25) is 0 Å². The second kappa shape index (κ2) is 10.9. The molecule has 3 aliphatic rings. The second-order valence-electron chi connectivity index (χ2n) is 11.1. The zero-order valence-electron chi connectivity index (χ0n) is 22.7. The fraction of sp³-hybridized carbons (Fsp3) is 0.424. The van der Waals surface area contributed by atoms with Gasteiger partial charge in [0.25, 0.3) is 0 Å². The van der Waals surface area contributed by atoms with Crippen LogP contribution in [-0.4, -0.2) is 37.5 Å². The lowest BCUT2D eigenvalue weighted by atomic mass is 9.90. The van der Waals surface area contributed by atoms with Gasteiger partial charge in [0.15, 0.2) is 0 Å². The molecule has 1 N–H and O–H groups in total. The van der Waals surface area contributed by atoms with Crippen molar-refractivity contribution in [3.63, 3.8) is 0 Å². The first-order valence-corrected chi connectivity index (χ1v) is 14.1. The van der Waals surface area contributed by atoms with E-state index in [1.54, 1.807) is 0 Å². The summed E-state index contributed by atoms with van der Waals surface area (Å²) in [6.45, 7) is 7.17. The molecule has 204 valence electrons. The number of hydrogen-bond acceptors (Lipinski definition) is 5. The van der Waals surface area contributed by atoms with Crippen molar-refractivity contribution in [1.29, 1.82) is 0 Å². The molecule has 39 heavy (non-hydrogen) atoms. The fourth-order valence-corrected chi connectivity index (χ4v) is 6.41. The summed E-state index contributed by atoms with van der Waals surface area (Å²) in [6, 6.07) is 16.7. The SMILES string of the molecule is Cc1cc(OCC2CCOCC2)cc(C)c1-c1cccc2c1CCC2Oc1ccc2c(c1)OCC2CC(=O)O. The average molecular weight is 529 g/mol. The van der Waals surface area contributed by atoms with E-state index in [4.69, 9.17) is 18.9 Å². The maximum Gasteiger partial charge on any atom is 0.304 e. The van der Waals surface area contributed by atoms with Gasteiger partial charge in [-0.05, 0) is 97.0 Å². The highest BCUT2D eigenvalue weighted by atomic mass is 16.5. The van der Waals surface area contributed by atoms with Gasteiger partial charge in [0.05, 0.1) is 19.6 Å². The molecule has 0 amide bonds. The van der Waals surface area contributed by atoms with Crippen molar-refractivity contribution in [3.8, 4) is 28.4 Å². The van der Waals surface area contributed by atoms with Crippen LogP contribution < -0.4 is 14.2 Å². The molecule has 2 unspecified atom stereocenters. The molecule has 3 aromatic rings. The predicted octanol–water partition coefficient (Wildman–Crippen LogP) is 6.79. The van der Waals surface area contributed by atoms with Gasteiger partial charge in [0, 0.05) is 30.8 Å². The summed E-state index contributed by atoms with van der Waals surface area (Å²) in [7, 11) is 0. The van der Waals surface area contributed by atoms with Gasteiger partial charge in [-0.25, -0.2) is 0 Å². The molecule has 6 rings (SSSR count). The Kier molecular flexibility index (Phi) is 7.22. The van der Waals surface area contributed by atoms with Gasteiger partial charge in [0.2, 0.25) is 0 Å². The van der Waals surface area contributed by atoms with E-state index in [0.29, 0.717) is 12.5 Å². The zero-order chi connectivity index (χ0) is 26.9. The lowest BCUT2D eigenvalue weighted by Crippen LogP contribution is -2.21. The maximum absolute atomic E-state index is 11.2. The quantitative estimate of drug-likeness (QED) is 0.347. The fourth-order valence-electron chi connectivity index (χ4n) is 6.41. The Hall–Kier alpha value is -3.51. The molecule has 2 aliphatic heterocycles. The van der Waals surface area contributed by atoms with Crippen LogP contribution in [0.3, 0.4) is 0 Å². The average Bonchev–Trinajstić information content (AvgIpc) is 3.51. The van der Waals surface area contributed by atoms with Crippen LogP contribution in [0.15, 0.2) is 48.5 Å². The van der Waals surface area contributed by atoms with Crippen LogP contribution in [0.25, 0.3) is 11.1 Å². The second-order valence-corrected chi connectivity index (χ2v) is 11.1. The third-order valence-corrected chi connectivity index (χ3v) is 8.38. The molecule has 0 radical (unpaired) electrons. The van der Waals surface area contributed by atoms with Gasteiger partial charge in [-0.1, -0.05) is 24.3 Å². The van der Waals surface area contributed by atoms with Crippen LogP contribution in [0.4, 0.5) is 0 Å². The molecular formula is C33H36O6. The van der Waals surface area contributed by atoms with E-state index in [-0.39, 0.29) is 18.4 Å². The number of ether oxygens (including phenoxy) is 4. The highest BCUT2D eigenvalue weighted by Crippen LogP contribution is 2.44. The molecule has 1 saturated heterocycles. The minimum absolute atomic E-state index is 0.0306. The van der Waals surface area contributed by atoms with Crippen LogP contribution in [0.5, 0.6) is 17.2 Å². The molecule has 2 heterocycles. The first-order chi connectivity index (χ1) is 19.0. The van der Waals surface area contributed by atoms with Crippen LogP contribution >= 0.6 is 0 Å². The summed E-state index contributed by atoms with van der Waals surface area (Å²) < 4.78 is 24.0. The van der Waals surface area contributed by atoms with Gasteiger partial charge in [-0.15, -0.1) is 0 Å². The monoisotopic (exact) mass is 528 g/mol. The Morgan fingerprint density at radius 3 is 2.54 bits per heavy atom. The number of benzene rings is 3. The molecule has 1 fully saturated rings. The van der Waals surface area contributed by atoms with Crippen LogP contribution in [0, 0.1) is 19.8 Å². The number of rotatable bonds is 8. The van der Waals surface area contributed by atoms with Gasteiger partial charge in [-0.2, -0.15) is 0 Å². The normalized spacial score (nSPS) is 20.3. The number of aryl methyl sites for hydroxylation is 2. The van der Waals surface area contributed by atoms with Crippen molar-refractivity contribution in [2.45, 2.75) is 58.0 Å². The molecule has 6 nitrogen and oxygen atoms in total. The highest BCUT2D eigenvalue weighted by molar-refractivity contribution is 5.76. The smallest absolute Gasteiger partial charge is 0.304 e. The summed E-state index contributed by atoms with van der Waals surface area (Å²) in [6.07, 6.45) is 4.05. The summed E-state index contributed by atoms with van der Waals surface area (Å²) in [5.74, 6) is 2.09. The Morgan fingerprint density at radius 1 is 0.974 bits per heavy atom. The lowest BCUT2D eigenvalue weighted by Gasteiger charge is -2.23. The molecular weight excluding hydrogens is 492 g/mol. The van der Waals surface area contributed by atoms with E-state index < -0.39 is 5.97 Å². The Balaban J connectivity index is 1.19. The van der Waals surface area contributed by atoms with E-state index in [0.717, 1.165) is 68.3 Å². The van der Waals surface area contributed by atoms with E-state index in [1.165, 1.54) is 33.4 Å². The molecule has 0 saturated carbocycles. The molecule has 1 aliphatic carbocycles. The maximum atomic E-state index is 11.2. The standard InChI is InChI=1S/C33H36O6/c1-20-14-25(37-18-22-10-12-36-13-11-22)15-21(2)33(20)29-5-3-4-28-27(29)8-9-30(28)39-24-6-7-26-23(16-32(34)35)19-38-31(26)17-24/h3-7,14-15,17,22-23,30H,8-13,16,18-19H2,1-2H3,(H,34,35). The van der Waals surface area contributed by atoms with Crippen molar-refractivity contribution in [1.82, 2.24) is 0 Å². The summed E-state index contributed by atoms with van der Waals surface area (Å²) in [5, 5.41) is 9.17. The minimum atomic E-state index is -0.808. The van der Waals surface area contributed by atoms with Crippen molar-refractivity contribution in [3.05, 3.63) is 76.3 Å². The number of fused-ring (bicyclic) bond motifs is 2. The van der Waals surface area contributed by atoms with E-state index >= 15 is 0 Å². The first-order valence-electron chi connectivity index (χ1n) is 14.1. The Labute approximate surface area is 229 Å². The topological polar surface area (TPSA) is 74.2 Å². The number of hydrogen-bond donors (Lipinski definition) is 1. The predicted molar refractivity (Wildman–Crippen MR) is 149 cm³/mol. The number of carbonyl (C=O) groups is 1. The summed E-state index contributed by atoms with van der Waals surface area (Å²) in [5.41, 5.74) is 8.53. The molecule has 3 aromatic carbocycles. The van der Waals surface area contributed by atoms with Crippen molar-refractivity contribution in [2.75, 3.05) is 26.4 Å². The van der Waals surface area contributed by atoms with Crippen molar-refractivity contribution < 1.29 is 28.8 Å². The van der Waals surface area contributed by atoms with E-state index in [9.17, 15) is 9.90 Å². The van der Waals surface area contributed by atoms with Crippen molar-refractivity contribution >= 4 is 5.97 Å². The first kappa shape index (κ1) is 25.8. The highest BCUT2D eigenvalue weighted by Gasteiger charge is 2.30. The van der Waals surface area contributed by atoms with Crippen molar-refractivity contribution in [2.24, 2.45) is 5.92 Å². The molecule has 6 heteroatoms. The Bertz CT molecular complexity index is 1350. The number of carboxylic acid groups (broad SMARTS) is 1. The van der Waals surface area contributed by atoms with Crippen LogP contribution in [0.1, 0.15) is 65.5 Å².